The van der Waals surface area contributed by atoms with E-state index in [0.29, 0.717) is 18.5 Å². The minimum atomic E-state index is -5.08. The van der Waals surface area contributed by atoms with Gasteiger partial charge in [-0.25, -0.2) is 9.48 Å². The molecule has 2 heterocycles. The van der Waals surface area contributed by atoms with Gasteiger partial charge in [0.25, 0.3) is 0 Å². The molecular formula is C20H34F3N5O3. The molecule has 1 aliphatic rings. The van der Waals surface area contributed by atoms with E-state index in [1.807, 2.05) is 13.2 Å². The van der Waals surface area contributed by atoms with Gasteiger partial charge in [0.05, 0.1) is 11.9 Å². The predicted molar refractivity (Wildman–Crippen MR) is 109 cm³/mol. The Kier molecular flexibility index (Phi) is 9.46. The second-order valence-corrected chi connectivity index (χ2v) is 9.25. The minimum Gasteiger partial charge on any atom is -0.475 e. The van der Waals surface area contributed by atoms with Crippen LogP contribution in [0.25, 0.3) is 0 Å². The quantitative estimate of drug-likeness (QED) is 0.692. The van der Waals surface area contributed by atoms with Gasteiger partial charge in [0.1, 0.15) is 6.04 Å². The van der Waals surface area contributed by atoms with Crippen molar-refractivity contribution < 1.29 is 27.9 Å². The summed E-state index contributed by atoms with van der Waals surface area (Å²) >= 11 is 0. The van der Waals surface area contributed by atoms with Gasteiger partial charge in [0.15, 0.2) is 0 Å². The zero-order valence-corrected chi connectivity index (χ0v) is 19.0. The highest BCUT2D eigenvalue weighted by Gasteiger charge is 2.40. The highest BCUT2D eigenvalue weighted by Crippen LogP contribution is 2.35. The minimum absolute atomic E-state index is 0.187. The molecule has 2 atom stereocenters. The standard InChI is InChI=1S/C18H33N5O.C2HF3O2/c1-13(2)10-15-8-7-9-22(15)17(24)16(18(3,4)5)23-12-14(11-19-6)20-21-23;3-2(4,5)1(6)7/h12-13,15-16,19H,7-11H2,1-6H3;(H,6,7). The molecule has 178 valence electrons. The second-order valence-electron chi connectivity index (χ2n) is 9.25. The number of nitrogens with one attached hydrogen (secondary N) is 1. The molecule has 0 bridgehead atoms. The number of carboxylic acid groups (broad SMARTS) is 1. The van der Waals surface area contributed by atoms with Crippen molar-refractivity contribution in [3.63, 3.8) is 0 Å². The molecule has 0 saturated carbocycles. The molecule has 8 nitrogen and oxygen atoms in total. The summed E-state index contributed by atoms with van der Waals surface area (Å²) in [5, 5.41) is 18.7. The fraction of sp³-hybridized carbons (Fsp3) is 0.800. The summed E-state index contributed by atoms with van der Waals surface area (Å²) in [5.41, 5.74) is 0.645. The summed E-state index contributed by atoms with van der Waals surface area (Å²) < 4.78 is 33.5. The number of amides is 1. The monoisotopic (exact) mass is 449 g/mol. The van der Waals surface area contributed by atoms with Gasteiger partial charge in [-0.2, -0.15) is 13.2 Å². The Morgan fingerprint density at radius 3 is 2.32 bits per heavy atom. The number of nitrogens with zero attached hydrogens (tertiary/aromatic N) is 4. The van der Waals surface area contributed by atoms with Crippen LogP contribution < -0.4 is 5.32 Å². The third-order valence-corrected chi connectivity index (χ3v) is 4.88. The average Bonchev–Trinajstić information content (AvgIpc) is 3.23. The molecule has 11 heteroatoms. The third kappa shape index (κ3) is 8.12. The molecule has 0 aromatic carbocycles. The first-order valence-corrected chi connectivity index (χ1v) is 10.3. The first kappa shape index (κ1) is 26.9. The molecule has 1 aliphatic heterocycles. The van der Waals surface area contributed by atoms with E-state index in [0.717, 1.165) is 31.5 Å². The molecule has 2 unspecified atom stereocenters. The van der Waals surface area contributed by atoms with Crippen LogP contribution in [0.3, 0.4) is 0 Å². The molecule has 31 heavy (non-hydrogen) atoms. The fourth-order valence-corrected chi connectivity index (χ4v) is 3.65. The molecule has 2 rings (SSSR count). The molecule has 0 aliphatic carbocycles. The van der Waals surface area contributed by atoms with Crippen LogP contribution in [-0.4, -0.2) is 62.7 Å². The van der Waals surface area contributed by atoms with E-state index in [4.69, 9.17) is 9.90 Å². The van der Waals surface area contributed by atoms with Crippen LogP contribution in [0.4, 0.5) is 13.2 Å². The first-order chi connectivity index (χ1) is 14.2. The van der Waals surface area contributed by atoms with Gasteiger partial charge >= 0.3 is 12.1 Å². The number of alkyl halides is 3. The number of hydrogen-bond acceptors (Lipinski definition) is 5. The Bertz CT molecular complexity index is 728. The van der Waals surface area contributed by atoms with Gasteiger partial charge in [-0.15, -0.1) is 5.10 Å². The topological polar surface area (TPSA) is 100 Å². The van der Waals surface area contributed by atoms with Crippen molar-refractivity contribution in [1.82, 2.24) is 25.2 Å². The van der Waals surface area contributed by atoms with Gasteiger partial charge in [-0.1, -0.05) is 39.8 Å². The SMILES string of the molecule is CNCc1cn(C(C(=O)N2CCCC2CC(C)C)C(C)(C)C)nn1.O=C(O)C(F)(F)F. The smallest absolute Gasteiger partial charge is 0.475 e. The number of rotatable bonds is 6. The predicted octanol–water partition coefficient (Wildman–Crippen LogP) is 3.26. The number of carbonyl (C=O) groups excluding carboxylic acids is 1. The van der Waals surface area contributed by atoms with Gasteiger partial charge < -0.3 is 15.3 Å². The van der Waals surface area contributed by atoms with E-state index in [2.05, 4.69) is 55.1 Å². The maximum absolute atomic E-state index is 13.4. The van der Waals surface area contributed by atoms with Crippen LogP contribution in [0.2, 0.25) is 0 Å². The number of hydrogen-bond donors (Lipinski definition) is 2. The Morgan fingerprint density at radius 1 is 1.29 bits per heavy atom. The first-order valence-electron chi connectivity index (χ1n) is 10.3. The molecule has 1 aromatic rings. The molecule has 0 spiro atoms. The van der Waals surface area contributed by atoms with E-state index in [9.17, 15) is 18.0 Å². The normalized spacial score (nSPS) is 18.0. The van der Waals surface area contributed by atoms with Crippen molar-refractivity contribution in [1.29, 1.82) is 0 Å². The Morgan fingerprint density at radius 2 is 1.87 bits per heavy atom. The van der Waals surface area contributed by atoms with Crippen molar-refractivity contribution >= 4 is 11.9 Å². The number of aromatic nitrogens is 3. The van der Waals surface area contributed by atoms with Gasteiger partial charge in [0, 0.05) is 19.1 Å². The van der Waals surface area contributed by atoms with E-state index >= 15 is 0 Å². The lowest BCUT2D eigenvalue weighted by molar-refractivity contribution is -0.192. The summed E-state index contributed by atoms with van der Waals surface area (Å²) in [7, 11) is 1.88. The fourth-order valence-electron chi connectivity index (χ4n) is 3.65. The maximum Gasteiger partial charge on any atom is 0.490 e. The lowest BCUT2D eigenvalue weighted by Gasteiger charge is -2.35. The summed E-state index contributed by atoms with van der Waals surface area (Å²) in [6.45, 7) is 12.3. The summed E-state index contributed by atoms with van der Waals surface area (Å²) in [5.74, 6) is -1.97. The highest BCUT2D eigenvalue weighted by molar-refractivity contribution is 5.81. The second kappa shape index (κ2) is 10.9. The highest BCUT2D eigenvalue weighted by atomic mass is 19.4. The van der Waals surface area contributed by atoms with E-state index in [1.165, 1.54) is 0 Å². The van der Waals surface area contributed by atoms with E-state index < -0.39 is 12.1 Å². The van der Waals surface area contributed by atoms with Crippen molar-refractivity contribution in [3.05, 3.63) is 11.9 Å². The summed E-state index contributed by atoms with van der Waals surface area (Å²) in [4.78, 5) is 24.4. The summed E-state index contributed by atoms with van der Waals surface area (Å²) in [6.07, 6.45) is 0.105. The number of carbonyl (C=O) groups is 2. The van der Waals surface area contributed by atoms with Crippen LogP contribution >= 0.6 is 0 Å². The van der Waals surface area contributed by atoms with E-state index in [-0.39, 0.29) is 17.4 Å². The number of aliphatic carboxylic acids is 1. The number of halogens is 3. The molecule has 1 saturated heterocycles. The van der Waals surface area contributed by atoms with Gasteiger partial charge in [-0.05, 0) is 37.6 Å². The third-order valence-electron chi connectivity index (χ3n) is 4.88. The molecule has 1 amide bonds. The molecular weight excluding hydrogens is 415 g/mol. The van der Waals surface area contributed by atoms with Crippen LogP contribution in [0, 0.1) is 11.3 Å². The van der Waals surface area contributed by atoms with Crippen LogP contribution in [-0.2, 0) is 16.1 Å². The Balaban J connectivity index is 0.000000592. The zero-order chi connectivity index (χ0) is 24.0. The molecule has 1 fully saturated rings. The number of carboxylic acids is 1. The van der Waals surface area contributed by atoms with Crippen molar-refractivity contribution in [2.75, 3.05) is 13.6 Å². The van der Waals surface area contributed by atoms with Gasteiger partial charge in [-0.3, -0.25) is 4.79 Å². The van der Waals surface area contributed by atoms with Crippen LogP contribution in [0.1, 0.15) is 65.6 Å². The van der Waals surface area contributed by atoms with Crippen molar-refractivity contribution in [2.24, 2.45) is 11.3 Å². The lowest BCUT2D eigenvalue weighted by Crippen LogP contribution is -2.45. The number of likely N-dealkylation sites (tertiary alicyclic amines) is 1. The van der Waals surface area contributed by atoms with Crippen molar-refractivity contribution in [3.8, 4) is 0 Å². The van der Waals surface area contributed by atoms with Gasteiger partial charge in [0.2, 0.25) is 5.91 Å². The largest absolute Gasteiger partial charge is 0.490 e. The zero-order valence-electron chi connectivity index (χ0n) is 19.0. The van der Waals surface area contributed by atoms with Crippen LogP contribution in [0.15, 0.2) is 6.20 Å². The van der Waals surface area contributed by atoms with E-state index in [1.54, 1.807) is 4.68 Å². The maximum atomic E-state index is 13.4. The molecule has 1 aromatic heterocycles. The Hall–Kier alpha value is -2.17. The lowest BCUT2D eigenvalue weighted by atomic mass is 9.85. The Labute approximate surface area is 181 Å². The van der Waals surface area contributed by atoms with Crippen LogP contribution in [0.5, 0.6) is 0 Å². The van der Waals surface area contributed by atoms with Crippen molar-refractivity contribution in [2.45, 2.75) is 78.7 Å². The molecule has 0 radical (unpaired) electrons. The molecule has 2 N–H and O–H groups in total. The average molecular weight is 450 g/mol. The summed E-state index contributed by atoms with van der Waals surface area (Å²) in [6, 6.07) is 0.0472.